The van der Waals surface area contributed by atoms with Gasteiger partial charge < -0.3 is 4.90 Å². The summed E-state index contributed by atoms with van der Waals surface area (Å²) in [6, 6.07) is 9.39. The average molecular weight is 300 g/mol. The number of aromatic nitrogens is 2. The van der Waals surface area contributed by atoms with Gasteiger partial charge in [0.1, 0.15) is 12.4 Å². The number of carbonyl (C=O) groups excluding carboxylic acids is 1. The number of nitro groups is 1. The van der Waals surface area contributed by atoms with E-state index in [0.717, 1.165) is 18.5 Å². The molecule has 1 atom stereocenters. The number of hydrogen-bond acceptors (Lipinski definition) is 4. The molecular weight excluding hydrogens is 284 g/mol. The van der Waals surface area contributed by atoms with E-state index in [1.807, 2.05) is 30.3 Å². The molecule has 114 valence electrons. The maximum absolute atomic E-state index is 11.9. The quantitative estimate of drug-likeness (QED) is 0.624. The minimum absolute atomic E-state index is 0.0475. The number of amides is 1. The Bertz CT molecular complexity index is 683. The van der Waals surface area contributed by atoms with Crippen molar-refractivity contribution in [1.82, 2.24) is 14.7 Å². The number of rotatable bonds is 5. The first-order valence-electron chi connectivity index (χ1n) is 7.16. The van der Waals surface area contributed by atoms with Crippen molar-refractivity contribution in [1.29, 1.82) is 0 Å². The van der Waals surface area contributed by atoms with Crippen LogP contribution in [0, 0.1) is 10.1 Å². The van der Waals surface area contributed by atoms with Crippen LogP contribution in [-0.2, 0) is 4.79 Å². The molecule has 0 spiro atoms. The zero-order valence-electron chi connectivity index (χ0n) is 12.0. The number of likely N-dealkylation sites (tertiary alicyclic amines) is 1. The van der Waals surface area contributed by atoms with Crippen LogP contribution >= 0.6 is 0 Å². The fourth-order valence-corrected chi connectivity index (χ4v) is 2.72. The molecule has 3 rings (SSSR count). The number of carbonyl (C=O) groups is 1. The predicted octanol–water partition coefficient (Wildman–Crippen LogP) is 2.00. The normalized spacial score (nSPS) is 16.0. The molecule has 1 aromatic carbocycles. The molecule has 7 nitrogen and oxygen atoms in total. The van der Waals surface area contributed by atoms with E-state index >= 15 is 0 Å². The molecule has 1 saturated heterocycles. The van der Waals surface area contributed by atoms with Crippen molar-refractivity contribution in [2.24, 2.45) is 0 Å². The third-order valence-corrected chi connectivity index (χ3v) is 3.87. The molecule has 1 amide bonds. The van der Waals surface area contributed by atoms with Crippen LogP contribution in [0.5, 0.6) is 0 Å². The van der Waals surface area contributed by atoms with E-state index in [2.05, 4.69) is 5.10 Å². The Hall–Kier alpha value is -2.70. The number of benzene rings is 1. The Kier molecular flexibility index (Phi) is 3.86. The van der Waals surface area contributed by atoms with Gasteiger partial charge in [0.2, 0.25) is 5.91 Å². The molecule has 0 radical (unpaired) electrons. The van der Waals surface area contributed by atoms with Gasteiger partial charge in [-0.1, -0.05) is 30.3 Å². The fourth-order valence-electron chi connectivity index (χ4n) is 2.72. The highest BCUT2D eigenvalue weighted by Crippen LogP contribution is 2.23. The van der Waals surface area contributed by atoms with Gasteiger partial charge in [-0.05, 0) is 12.0 Å². The van der Waals surface area contributed by atoms with Crippen LogP contribution in [0.3, 0.4) is 0 Å². The van der Waals surface area contributed by atoms with Gasteiger partial charge in [-0.15, -0.1) is 0 Å². The van der Waals surface area contributed by atoms with E-state index in [1.54, 1.807) is 9.58 Å². The van der Waals surface area contributed by atoms with E-state index in [0.29, 0.717) is 13.0 Å². The van der Waals surface area contributed by atoms with E-state index < -0.39 is 4.92 Å². The minimum atomic E-state index is -0.466. The SMILES string of the molecule is O=C1CCCN1CC(c1ccccc1)n1cc([N+](=O)[O-])cn1. The molecule has 2 heterocycles. The zero-order chi connectivity index (χ0) is 15.5. The van der Waals surface area contributed by atoms with Crippen LogP contribution in [0.1, 0.15) is 24.4 Å². The Morgan fingerprint density at radius 2 is 2.09 bits per heavy atom. The maximum atomic E-state index is 11.9. The summed E-state index contributed by atoms with van der Waals surface area (Å²) in [4.78, 5) is 24.1. The van der Waals surface area contributed by atoms with Gasteiger partial charge in [0.15, 0.2) is 0 Å². The molecule has 7 heteroatoms. The predicted molar refractivity (Wildman–Crippen MR) is 79.3 cm³/mol. The lowest BCUT2D eigenvalue weighted by molar-refractivity contribution is -0.385. The second-order valence-electron chi connectivity index (χ2n) is 5.31. The summed E-state index contributed by atoms with van der Waals surface area (Å²) in [5.74, 6) is 0.127. The monoisotopic (exact) mass is 300 g/mol. The van der Waals surface area contributed by atoms with Gasteiger partial charge >= 0.3 is 5.69 Å². The Labute approximate surface area is 127 Å². The lowest BCUT2D eigenvalue weighted by Gasteiger charge is -2.24. The first-order chi connectivity index (χ1) is 10.6. The summed E-state index contributed by atoms with van der Waals surface area (Å²) >= 11 is 0. The zero-order valence-corrected chi connectivity index (χ0v) is 12.0. The van der Waals surface area contributed by atoms with Crippen molar-refractivity contribution in [3.8, 4) is 0 Å². The van der Waals surface area contributed by atoms with Crippen molar-refractivity contribution in [2.75, 3.05) is 13.1 Å². The molecule has 0 aliphatic carbocycles. The van der Waals surface area contributed by atoms with Gasteiger partial charge in [-0.2, -0.15) is 5.10 Å². The summed E-state index contributed by atoms with van der Waals surface area (Å²) in [5.41, 5.74) is 0.925. The highest BCUT2D eigenvalue weighted by atomic mass is 16.6. The van der Waals surface area contributed by atoms with Gasteiger partial charge in [0, 0.05) is 19.5 Å². The van der Waals surface area contributed by atoms with Crippen LogP contribution in [0.4, 0.5) is 5.69 Å². The van der Waals surface area contributed by atoms with Crippen molar-refractivity contribution in [3.63, 3.8) is 0 Å². The summed E-state index contributed by atoms with van der Waals surface area (Å²) in [6.45, 7) is 1.20. The molecule has 0 saturated carbocycles. The third kappa shape index (κ3) is 2.83. The largest absolute Gasteiger partial charge is 0.340 e. The second-order valence-corrected chi connectivity index (χ2v) is 5.31. The van der Waals surface area contributed by atoms with Crippen molar-refractivity contribution in [2.45, 2.75) is 18.9 Å². The van der Waals surface area contributed by atoms with Crippen molar-refractivity contribution >= 4 is 11.6 Å². The van der Waals surface area contributed by atoms with Crippen LogP contribution in [-0.4, -0.2) is 38.6 Å². The van der Waals surface area contributed by atoms with Crippen molar-refractivity contribution in [3.05, 3.63) is 58.4 Å². The van der Waals surface area contributed by atoms with Gasteiger partial charge in [-0.25, -0.2) is 0 Å². The summed E-state index contributed by atoms with van der Waals surface area (Å²) in [5, 5.41) is 15.0. The number of nitrogens with zero attached hydrogens (tertiary/aromatic N) is 4. The smallest absolute Gasteiger partial charge is 0.307 e. The first-order valence-corrected chi connectivity index (χ1v) is 7.16. The second kappa shape index (κ2) is 5.97. The van der Waals surface area contributed by atoms with Crippen LogP contribution in [0.25, 0.3) is 0 Å². The molecule has 2 aromatic rings. The lowest BCUT2D eigenvalue weighted by atomic mass is 10.1. The topological polar surface area (TPSA) is 81.3 Å². The average Bonchev–Trinajstić information content (AvgIpc) is 3.15. The fraction of sp³-hybridized carbons (Fsp3) is 0.333. The molecular formula is C15H16N4O3. The Morgan fingerprint density at radius 1 is 1.32 bits per heavy atom. The molecule has 1 aromatic heterocycles. The molecule has 1 aliphatic heterocycles. The van der Waals surface area contributed by atoms with Crippen LogP contribution < -0.4 is 0 Å². The number of hydrogen-bond donors (Lipinski definition) is 0. The highest BCUT2D eigenvalue weighted by Gasteiger charge is 2.26. The summed E-state index contributed by atoms with van der Waals surface area (Å²) in [6.07, 6.45) is 4.08. The maximum Gasteiger partial charge on any atom is 0.307 e. The van der Waals surface area contributed by atoms with Gasteiger partial charge in [0.25, 0.3) is 0 Å². The van der Waals surface area contributed by atoms with E-state index in [4.69, 9.17) is 0 Å². The van der Waals surface area contributed by atoms with E-state index in [-0.39, 0.29) is 17.6 Å². The summed E-state index contributed by atoms with van der Waals surface area (Å²) < 4.78 is 1.57. The molecule has 22 heavy (non-hydrogen) atoms. The first kappa shape index (κ1) is 14.2. The van der Waals surface area contributed by atoms with Gasteiger partial charge in [-0.3, -0.25) is 19.6 Å². The molecule has 1 unspecified atom stereocenters. The minimum Gasteiger partial charge on any atom is -0.340 e. The molecule has 0 bridgehead atoms. The van der Waals surface area contributed by atoms with Crippen LogP contribution in [0.2, 0.25) is 0 Å². The lowest BCUT2D eigenvalue weighted by Crippen LogP contribution is -2.32. The van der Waals surface area contributed by atoms with E-state index in [1.165, 1.54) is 12.4 Å². The highest BCUT2D eigenvalue weighted by molar-refractivity contribution is 5.78. The molecule has 1 aliphatic rings. The summed E-state index contributed by atoms with van der Waals surface area (Å²) in [7, 11) is 0. The molecule has 1 fully saturated rings. The third-order valence-electron chi connectivity index (χ3n) is 3.87. The Balaban J connectivity index is 1.91. The standard InChI is InChI=1S/C15H16N4O3/c20-15-7-4-8-17(15)11-14(12-5-2-1-3-6-12)18-10-13(9-16-18)19(21)22/h1-3,5-6,9-10,14H,4,7-8,11H2. The van der Waals surface area contributed by atoms with Crippen molar-refractivity contribution < 1.29 is 9.72 Å². The van der Waals surface area contributed by atoms with E-state index in [9.17, 15) is 14.9 Å². The van der Waals surface area contributed by atoms with Gasteiger partial charge in [0.05, 0.1) is 11.0 Å². The Morgan fingerprint density at radius 3 is 2.68 bits per heavy atom. The van der Waals surface area contributed by atoms with Crippen LogP contribution in [0.15, 0.2) is 42.7 Å². The molecule has 0 N–H and O–H groups in total.